The maximum atomic E-state index is 12.4. The number of H-pyrrole nitrogens is 1. The maximum Gasteiger partial charge on any atom is 0.340 e. The van der Waals surface area contributed by atoms with Crippen LogP contribution in [0.2, 0.25) is 0 Å². The number of amides is 2. The Morgan fingerprint density at radius 2 is 2.10 bits per heavy atom. The summed E-state index contributed by atoms with van der Waals surface area (Å²) in [5.74, 6) is -2.06. The van der Waals surface area contributed by atoms with Crippen LogP contribution in [0.3, 0.4) is 0 Å². The topological polar surface area (TPSA) is 147 Å². The van der Waals surface area contributed by atoms with Gasteiger partial charge in [-0.05, 0) is 44.4 Å². The van der Waals surface area contributed by atoms with Gasteiger partial charge in [0.05, 0.1) is 11.6 Å². The number of aromatic amines is 1. The largest absolute Gasteiger partial charge is 0.478 e. The first kappa shape index (κ1) is 20.4. The SMILES string of the molecule is CC(N)OC(=O)/C(=C\C(=O)O)c1c[nH]c2ccc(CCC3NC(=O)NC3C)cc12. The normalized spacial score (nSPS) is 20.2. The quantitative estimate of drug-likeness (QED) is 0.270. The summed E-state index contributed by atoms with van der Waals surface area (Å²) in [6.45, 7) is 3.43. The van der Waals surface area contributed by atoms with Gasteiger partial charge in [0.25, 0.3) is 0 Å². The molecule has 1 aliphatic rings. The van der Waals surface area contributed by atoms with Gasteiger partial charge in [0, 0.05) is 34.8 Å². The molecule has 0 radical (unpaired) electrons. The fourth-order valence-electron chi connectivity index (χ4n) is 3.44. The molecule has 3 rings (SSSR count). The number of benzene rings is 1. The van der Waals surface area contributed by atoms with E-state index in [0.717, 1.165) is 23.6 Å². The lowest BCUT2D eigenvalue weighted by atomic mass is 9.98. The summed E-state index contributed by atoms with van der Waals surface area (Å²) < 4.78 is 5.00. The maximum absolute atomic E-state index is 12.4. The van der Waals surface area contributed by atoms with Crippen LogP contribution in [-0.4, -0.2) is 46.4 Å². The first-order valence-electron chi connectivity index (χ1n) is 9.33. The number of carboxylic acids is 1. The number of aromatic nitrogens is 1. The molecule has 1 saturated heterocycles. The van der Waals surface area contributed by atoms with Crippen molar-refractivity contribution in [2.75, 3.05) is 0 Å². The fraction of sp³-hybridized carbons (Fsp3) is 0.350. The summed E-state index contributed by atoms with van der Waals surface area (Å²) in [5.41, 5.74) is 7.62. The fourth-order valence-corrected chi connectivity index (χ4v) is 3.44. The van der Waals surface area contributed by atoms with E-state index in [1.54, 1.807) is 6.20 Å². The number of carbonyl (C=O) groups excluding carboxylic acids is 2. The van der Waals surface area contributed by atoms with E-state index in [4.69, 9.17) is 10.5 Å². The van der Waals surface area contributed by atoms with Crippen LogP contribution >= 0.6 is 0 Å². The van der Waals surface area contributed by atoms with Crippen molar-refractivity contribution in [3.05, 3.63) is 41.6 Å². The van der Waals surface area contributed by atoms with Crippen LogP contribution in [0.15, 0.2) is 30.5 Å². The van der Waals surface area contributed by atoms with Crippen molar-refractivity contribution >= 4 is 34.4 Å². The zero-order valence-electron chi connectivity index (χ0n) is 16.2. The number of hydrogen-bond acceptors (Lipinski definition) is 5. The van der Waals surface area contributed by atoms with Gasteiger partial charge in [-0.2, -0.15) is 0 Å². The molecule has 0 bridgehead atoms. The molecular weight excluding hydrogens is 376 g/mol. The highest BCUT2D eigenvalue weighted by Crippen LogP contribution is 2.28. The number of carbonyl (C=O) groups is 3. The van der Waals surface area contributed by atoms with Crippen molar-refractivity contribution in [2.24, 2.45) is 5.73 Å². The number of ether oxygens (including phenoxy) is 1. The number of hydrogen-bond donors (Lipinski definition) is 5. The summed E-state index contributed by atoms with van der Waals surface area (Å²) in [7, 11) is 0. The molecule has 154 valence electrons. The Labute approximate surface area is 167 Å². The summed E-state index contributed by atoms with van der Waals surface area (Å²) in [6, 6.07) is 5.66. The Morgan fingerprint density at radius 1 is 1.34 bits per heavy atom. The predicted molar refractivity (Wildman–Crippen MR) is 107 cm³/mol. The summed E-state index contributed by atoms with van der Waals surface area (Å²) in [5, 5.41) is 15.6. The predicted octanol–water partition coefficient (Wildman–Crippen LogP) is 1.49. The van der Waals surface area contributed by atoms with Crippen LogP contribution in [0.25, 0.3) is 16.5 Å². The number of carboxylic acid groups (broad SMARTS) is 1. The Bertz CT molecular complexity index is 978. The minimum absolute atomic E-state index is 0.0346. The second-order valence-corrected chi connectivity index (χ2v) is 7.14. The third kappa shape index (κ3) is 4.75. The summed E-state index contributed by atoms with van der Waals surface area (Å²) in [4.78, 5) is 38.1. The van der Waals surface area contributed by atoms with E-state index >= 15 is 0 Å². The third-order valence-corrected chi connectivity index (χ3v) is 4.84. The van der Waals surface area contributed by atoms with Crippen molar-refractivity contribution in [3.63, 3.8) is 0 Å². The first-order chi connectivity index (χ1) is 13.7. The van der Waals surface area contributed by atoms with Gasteiger partial charge < -0.3 is 25.5 Å². The van der Waals surface area contributed by atoms with Crippen LogP contribution in [0.5, 0.6) is 0 Å². The van der Waals surface area contributed by atoms with Crippen molar-refractivity contribution in [1.82, 2.24) is 15.6 Å². The van der Waals surface area contributed by atoms with E-state index in [9.17, 15) is 19.5 Å². The zero-order chi connectivity index (χ0) is 21.1. The summed E-state index contributed by atoms with van der Waals surface area (Å²) in [6.07, 6.45) is 2.99. The lowest BCUT2D eigenvalue weighted by Gasteiger charge is -2.14. The molecule has 9 nitrogen and oxygen atoms in total. The highest BCUT2D eigenvalue weighted by Gasteiger charge is 2.27. The van der Waals surface area contributed by atoms with E-state index in [1.165, 1.54) is 6.92 Å². The van der Waals surface area contributed by atoms with Crippen molar-refractivity contribution in [2.45, 2.75) is 45.0 Å². The molecule has 9 heteroatoms. The molecule has 2 aromatic rings. The molecule has 3 unspecified atom stereocenters. The average molecular weight is 400 g/mol. The van der Waals surface area contributed by atoms with Gasteiger partial charge >= 0.3 is 18.0 Å². The number of aliphatic carboxylic acids is 1. The standard InChI is InChI=1S/C20H24N4O5/c1-10-16(24-20(28)23-10)5-3-12-4-6-17-13(7-12)15(9-22-17)14(8-18(25)26)19(27)29-11(2)21/h4,6-11,16,22H,3,5,21H2,1-2H3,(H,25,26)(H2,23,24,28)/b14-8-. The number of fused-ring (bicyclic) bond motifs is 1. The molecule has 0 spiro atoms. The number of nitrogens with one attached hydrogen (secondary N) is 3. The Kier molecular flexibility index (Phi) is 5.88. The minimum atomic E-state index is -1.26. The van der Waals surface area contributed by atoms with Gasteiger partial charge in [-0.1, -0.05) is 6.07 Å². The van der Waals surface area contributed by atoms with Crippen molar-refractivity contribution < 1.29 is 24.2 Å². The second-order valence-electron chi connectivity index (χ2n) is 7.14. The van der Waals surface area contributed by atoms with Crippen molar-refractivity contribution in [3.8, 4) is 0 Å². The molecule has 6 N–H and O–H groups in total. The molecule has 1 aromatic carbocycles. The number of rotatable bonds is 7. The molecule has 3 atom stereocenters. The van der Waals surface area contributed by atoms with Gasteiger partial charge in [0.1, 0.15) is 6.23 Å². The molecule has 0 aliphatic carbocycles. The minimum Gasteiger partial charge on any atom is -0.478 e. The molecule has 29 heavy (non-hydrogen) atoms. The number of urea groups is 1. The van der Waals surface area contributed by atoms with Crippen LogP contribution < -0.4 is 16.4 Å². The number of aryl methyl sites for hydroxylation is 1. The Hall–Kier alpha value is -3.33. The van der Waals surface area contributed by atoms with Crippen molar-refractivity contribution in [1.29, 1.82) is 0 Å². The first-order valence-corrected chi connectivity index (χ1v) is 9.33. The van der Waals surface area contributed by atoms with Gasteiger partial charge in [-0.3, -0.25) is 5.73 Å². The lowest BCUT2D eigenvalue weighted by molar-refractivity contribution is -0.141. The Morgan fingerprint density at radius 3 is 2.72 bits per heavy atom. The van der Waals surface area contributed by atoms with Gasteiger partial charge in [-0.15, -0.1) is 0 Å². The zero-order valence-corrected chi connectivity index (χ0v) is 16.2. The molecule has 1 fully saturated rings. The lowest BCUT2D eigenvalue weighted by Crippen LogP contribution is -2.31. The molecule has 2 amide bonds. The van der Waals surface area contributed by atoms with Gasteiger partial charge in [0.15, 0.2) is 0 Å². The summed E-state index contributed by atoms with van der Waals surface area (Å²) >= 11 is 0. The molecule has 2 heterocycles. The van der Waals surface area contributed by atoms with E-state index in [2.05, 4.69) is 15.6 Å². The number of nitrogens with two attached hydrogens (primary N) is 1. The molecule has 1 aromatic heterocycles. The van der Waals surface area contributed by atoms with Crippen LogP contribution in [0.1, 0.15) is 31.4 Å². The van der Waals surface area contributed by atoms with Crippen LogP contribution in [-0.2, 0) is 20.7 Å². The highest BCUT2D eigenvalue weighted by molar-refractivity contribution is 6.23. The third-order valence-electron chi connectivity index (χ3n) is 4.84. The van der Waals surface area contributed by atoms with E-state index < -0.39 is 18.2 Å². The molecule has 0 saturated carbocycles. The van der Waals surface area contributed by atoms with E-state index in [-0.39, 0.29) is 23.7 Å². The molecular formula is C20H24N4O5. The highest BCUT2D eigenvalue weighted by atomic mass is 16.6. The number of esters is 1. The smallest absolute Gasteiger partial charge is 0.340 e. The van der Waals surface area contributed by atoms with E-state index in [0.29, 0.717) is 17.4 Å². The molecule has 1 aliphatic heterocycles. The average Bonchev–Trinajstić information content (AvgIpc) is 3.19. The monoisotopic (exact) mass is 400 g/mol. The second kappa shape index (κ2) is 8.36. The van der Waals surface area contributed by atoms with Gasteiger partial charge in [0.2, 0.25) is 0 Å². The Balaban J connectivity index is 1.88. The van der Waals surface area contributed by atoms with Crippen LogP contribution in [0, 0.1) is 0 Å². The van der Waals surface area contributed by atoms with E-state index in [1.807, 2.05) is 25.1 Å². The van der Waals surface area contributed by atoms with Crippen LogP contribution in [0.4, 0.5) is 4.79 Å². The van der Waals surface area contributed by atoms with Gasteiger partial charge in [-0.25, -0.2) is 14.4 Å².